The molecule has 1 fully saturated rings. The fourth-order valence-electron chi connectivity index (χ4n) is 2.39. The monoisotopic (exact) mass is 350 g/mol. The fraction of sp³-hybridized carbons (Fsp3) is 0.333. The van der Waals surface area contributed by atoms with Crippen LogP contribution in [-0.2, 0) is 4.74 Å². The number of benzene rings is 1. The van der Waals surface area contributed by atoms with Crippen molar-refractivity contribution >= 4 is 32.8 Å². The Labute approximate surface area is 129 Å². The third kappa shape index (κ3) is 3.16. The van der Waals surface area contributed by atoms with Crippen LogP contribution in [-0.4, -0.2) is 25.2 Å². The van der Waals surface area contributed by atoms with E-state index in [1.54, 1.807) is 12.1 Å². The zero-order valence-electron chi connectivity index (χ0n) is 11.3. The Bertz CT molecular complexity index is 735. The molecule has 0 bridgehead atoms. The molecule has 0 aliphatic carbocycles. The maximum Gasteiger partial charge on any atom is 0.256 e. The topological polar surface area (TPSA) is 75.3 Å². The molecule has 1 saturated heterocycles. The van der Waals surface area contributed by atoms with Crippen molar-refractivity contribution in [2.75, 3.05) is 13.2 Å². The molecule has 2 heterocycles. The number of fused-ring (bicyclic) bond motifs is 1. The Hall–Kier alpha value is -1.66. The molecule has 0 saturated carbocycles. The Balaban J connectivity index is 1.83. The molecule has 1 amide bonds. The molecule has 2 N–H and O–H groups in total. The second-order valence-corrected chi connectivity index (χ2v) is 5.93. The maximum absolute atomic E-state index is 12.2. The highest BCUT2D eigenvalue weighted by molar-refractivity contribution is 9.10. The van der Waals surface area contributed by atoms with E-state index in [9.17, 15) is 4.79 Å². The van der Waals surface area contributed by atoms with Gasteiger partial charge < -0.3 is 14.5 Å². The largest absolute Gasteiger partial charge is 0.438 e. The number of halogens is 1. The highest BCUT2D eigenvalue weighted by Crippen LogP contribution is 2.19. The number of ether oxygens (including phenoxy) is 1. The summed E-state index contributed by atoms with van der Waals surface area (Å²) in [5.74, 6) is -0.305. The number of rotatable bonds is 3. The summed E-state index contributed by atoms with van der Waals surface area (Å²) in [6, 6.07) is 7.14. The van der Waals surface area contributed by atoms with Gasteiger partial charge in [-0.05, 0) is 37.1 Å². The first-order valence-corrected chi connectivity index (χ1v) is 7.60. The van der Waals surface area contributed by atoms with E-state index in [0.29, 0.717) is 12.1 Å². The van der Waals surface area contributed by atoms with Gasteiger partial charge >= 0.3 is 0 Å². The van der Waals surface area contributed by atoms with Crippen LogP contribution >= 0.6 is 15.9 Å². The zero-order chi connectivity index (χ0) is 14.8. The molecule has 1 aromatic carbocycles. The zero-order valence-corrected chi connectivity index (χ0v) is 12.9. The number of carbonyl (C=O) groups excluding carboxylic acids is 1. The normalized spacial score (nSPS) is 18.0. The summed E-state index contributed by atoms with van der Waals surface area (Å²) < 4.78 is 11.8. The predicted octanol–water partition coefficient (Wildman–Crippen LogP) is 2.58. The molecule has 0 unspecified atom stereocenters. The first-order valence-electron chi connectivity index (χ1n) is 6.81. The SMILES string of the molecule is N=c1oc2ccc(Br)cc2cc1C(=O)NC[C@@H]1CCCO1. The average molecular weight is 351 g/mol. The van der Waals surface area contributed by atoms with Gasteiger partial charge in [0.25, 0.3) is 5.91 Å². The van der Waals surface area contributed by atoms with Gasteiger partial charge in [0.15, 0.2) is 0 Å². The van der Waals surface area contributed by atoms with Gasteiger partial charge in [0.05, 0.1) is 6.10 Å². The summed E-state index contributed by atoms with van der Waals surface area (Å²) in [4.78, 5) is 12.2. The maximum atomic E-state index is 12.2. The summed E-state index contributed by atoms with van der Waals surface area (Å²) >= 11 is 3.38. The number of nitrogens with one attached hydrogen (secondary N) is 2. The van der Waals surface area contributed by atoms with E-state index < -0.39 is 0 Å². The van der Waals surface area contributed by atoms with Crippen molar-refractivity contribution in [1.29, 1.82) is 5.41 Å². The van der Waals surface area contributed by atoms with Crippen molar-refractivity contribution in [3.05, 3.63) is 39.9 Å². The van der Waals surface area contributed by atoms with Crippen molar-refractivity contribution in [3.63, 3.8) is 0 Å². The molecule has 0 spiro atoms. The lowest BCUT2D eigenvalue weighted by atomic mass is 10.1. The lowest BCUT2D eigenvalue weighted by Gasteiger charge is -2.11. The Morgan fingerprint density at radius 3 is 3.05 bits per heavy atom. The van der Waals surface area contributed by atoms with Crippen molar-refractivity contribution < 1.29 is 13.9 Å². The molecular weight excluding hydrogens is 336 g/mol. The standard InChI is InChI=1S/C15H15BrN2O3/c16-10-3-4-13-9(6-10)7-12(14(17)21-13)15(19)18-8-11-2-1-5-20-11/h3-4,6-7,11,17H,1-2,5,8H2,(H,18,19)/t11-/m0/s1. The smallest absolute Gasteiger partial charge is 0.256 e. The van der Waals surface area contributed by atoms with Crippen molar-refractivity contribution in [1.82, 2.24) is 5.32 Å². The summed E-state index contributed by atoms with van der Waals surface area (Å²) in [6.07, 6.45) is 2.07. The van der Waals surface area contributed by atoms with Crippen molar-refractivity contribution in [3.8, 4) is 0 Å². The van der Waals surface area contributed by atoms with E-state index in [2.05, 4.69) is 21.2 Å². The minimum atomic E-state index is -0.305. The Kier molecular flexibility index (Phi) is 4.07. The van der Waals surface area contributed by atoms with Crippen LogP contribution in [0.3, 0.4) is 0 Å². The third-order valence-corrected chi connectivity index (χ3v) is 3.98. The number of amides is 1. The van der Waals surface area contributed by atoms with Crippen LogP contribution in [0.5, 0.6) is 0 Å². The van der Waals surface area contributed by atoms with Gasteiger partial charge in [0.2, 0.25) is 5.55 Å². The summed E-state index contributed by atoms with van der Waals surface area (Å²) in [6.45, 7) is 1.22. The van der Waals surface area contributed by atoms with Crippen molar-refractivity contribution in [2.24, 2.45) is 0 Å². The van der Waals surface area contributed by atoms with Gasteiger partial charge in [0.1, 0.15) is 11.1 Å². The van der Waals surface area contributed by atoms with E-state index in [4.69, 9.17) is 14.6 Å². The summed E-state index contributed by atoms with van der Waals surface area (Å²) in [5.41, 5.74) is 0.687. The molecule has 3 rings (SSSR count). The first kappa shape index (κ1) is 14.3. The molecule has 0 radical (unpaired) electrons. The molecule has 1 atom stereocenters. The van der Waals surface area contributed by atoms with Crippen LogP contribution < -0.4 is 10.9 Å². The van der Waals surface area contributed by atoms with Gasteiger partial charge in [-0.25, -0.2) is 0 Å². The van der Waals surface area contributed by atoms with Crippen LogP contribution in [0.15, 0.2) is 33.2 Å². The molecule has 1 aliphatic heterocycles. The molecule has 2 aromatic rings. The van der Waals surface area contributed by atoms with Gasteiger partial charge in [0, 0.05) is 23.0 Å². The van der Waals surface area contributed by atoms with E-state index >= 15 is 0 Å². The quantitative estimate of drug-likeness (QED) is 0.893. The Morgan fingerprint density at radius 1 is 1.43 bits per heavy atom. The van der Waals surface area contributed by atoms with Crippen LogP contribution in [0.4, 0.5) is 0 Å². The Morgan fingerprint density at radius 2 is 2.29 bits per heavy atom. The van der Waals surface area contributed by atoms with Crippen LogP contribution in [0.2, 0.25) is 0 Å². The molecule has 1 aromatic heterocycles. The average Bonchev–Trinajstić information content (AvgIpc) is 2.98. The van der Waals surface area contributed by atoms with Crippen LogP contribution in [0.25, 0.3) is 11.0 Å². The van der Waals surface area contributed by atoms with Gasteiger partial charge in [-0.3, -0.25) is 10.2 Å². The minimum absolute atomic E-state index is 0.0784. The lowest BCUT2D eigenvalue weighted by molar-refractivity contribution is 0.0854. The number of hydrogen-bond donors (Lipinski definition) is 2. The summed E-state index contributed by atoms with van der Waals surface area (Å²) in [7, 11) is 0. The molecule has 5 nitrogen and oxygen atoms in total. The lowest BCUT2D eigenvalue weighted by Crippen LogP contribution is -2.34. The van der Waals surface area contributed by atoms with E-state index in [0.717, 1.165) is 29.3 Å². The van der Waals surface area contributed by atoms with Gasteiger partial charge in [-0.2, -0.15) is 0 Å². The highest BCUT2D eigenvalue weighted by Gasteiger charge is 2.18. The van der Waals surface area contributed by atoms with Gasteiger partial charge in [-0.1, -0.05) is 15.9 Å². The third-order valence-electron chi connectivity index (χ3n) is 3.49. The molecular formula is C15H15BrN2O3. The van der Waals surface area contributed by atoms with Gasteiger partial charge in [-0.15, -0.1) is 0 Å². The number of hydrogen-bond acceptors (Lipinski definition) is 4. The molecule has 110 valence electrons. The second-order valence-electron chi connectivity index (χ2n) is 5.02. The minimum Gasteiger partial charge on any atom is -0.438 e. The van der Waals surface area contributed by atoms with E-state index in [1.807, 2.05) is 12.1 Å². The predicted molar refractivity (Wildman–Crippen MR) is 81.1 cm³/mol. The molecule has 6 heteroatoms. The van der Waals surface area contributed by atoms with Crippen LogP contribution in [0, 0.1) is 5.41 Å². The van der Waals surface area contributed by atoms with Crippen LogP contribution in [0.1, 0.15) is 23.2 Å². The molecule has 21 heavy (non-hydrogen) atoms. The second kappa shape index (κ2) is 5.99. The highest BCUT2D eigenvalue weighted by atomic mass is 79.9. The fourth-order valence-corrected chi connectivity index (χ4v) is 2.77. The summed E-state index contributed by atoms with van der Waals surface area (Å²) in [5, 5.41) is 11.4. The van der Waals surface area contributed by atoms with E-state index in [1.165, 1.54) is 0 Å². The van der Waals surface area contributed by atoms with Crippen molar-refractivity contribution in [2.45, 2.75) is 18.9 Å². The first-order chi connectivity index (χ1) is 10.1. The number of carbonyl (C=O) groups is 1. The molecule has 1 aliphatic rings. The van der Waals surface area contributed by atoms with E-state index in [-0.39, 0.29) is 23.1 Å².